The minimum Gasteiger partial charge on any atom is -0.512 e. The fourth-order valence-electron chi connectivity index (χ4n) is 0.594. The Labute approximate surface area is 57.4 Å². The Bertz CT molecular complexity index is 99.1. The van der Waals surface area contributed by atoms with Gasteiger partial charge in [-0.2, -0.15) is 0 Å². The van der Waals surface area contributed by atoms with Gasteiger partial charge in [-0.1, -0.05) is 13.3 Å². The van der Waals surface area contributed by atoms with Crippen LogP contribution in [0.1, 0.15) is 40.0 Å². The highest BCUT2D eigenvalue weighted by Gasteiger charge is 1.92. The van der Waals surface area contributed by atoms with Crippen LogP contribution >= 0.6 is 0 Å². The molecule has 0 saturated heterocycles. The SMILES string of the molecule is CCCCC(O)=C(C)C. The first kappa shape index (κ1) is 8.54. The molecule has 0 aliphatic heterocycles. The van der Waals surface area contributed by atoms with Crippen molar-refractivity contribution in [3.63, 3.8) is 0 Å². The van der Waals surface area contributed by atoms with Crippen molar-refractivity contribution in [3.8, 4) is 0 Å². The lowest BCUT2D eigenvalue weighted by atomic mass is 10.2. The molecule has 0 radical (unpaired) electrons. The summed E-state index contributed by atoms with van der Waals surface area (Å²) in [5.41, 5.74) is 1.04. The maximum atomic E-state index is 9.14. The average molecular weight is 128 g/mol. The first-order chi connectivity index (χ1) is 4.18. The lowest BCUT2D eigenvalue weighted by Gasteiger charge is -1.98. The average Bonchev–Trinajstić information content (AvgIpc) is 1.82. The van der Waals surface area contributed by atoms with E-state index in [1.54, 1.807) is 0 Å². The molecule has 0 fully saturated rings. The number of aliphatic hydroxyl groups is 1. The molecule has 0 rings (SSSR count). The zero-order valence-corrected chi connectivity index (χ0v) is 6.57. The summed E-state index contributed by atoms with van der Waals surface area (Å²) in [5.74, 6) is 0.567. The van der Waals surface area contributed by atoms with Crippen molar-refractivity contribution in [2.24, 2.45) is 0 Å². The van der Waals surface area contributed by atoms with Crippen LogP contribution in [-0.2, 0) is 0 Å². The van der Waals surface area contributed by atoms with Crippen LogP contribution in [-0.4, -0.2) is 5.11 Å². The fourth-order valence-corrected chi connectivity index (χ4v) is 0.594. The van der Waals surface area contributed by atoms with Gasteiger partial charge in [-0.05, 0) is 25.8 Å². The van der Waals surface area contributed by atoms with E-state index in [0.717, 1.165) is 24.8 Å². The Hall–Kier alpha value is -0.460. The predicted molar refractivity (Wildman–Crippen MR) is 40.5 cm³/mol. The number of hydrogen-bond donors (Lipinski definition) is 1. The second-order valence-electron chi connectivity index (χ2n) is 2.55. The summed E-state index contributed by atoms with van der Waals surface area (Å²) in [6, 6.07) is 0. The third-order valence-electron chi connectivity index (χ3n) is 1.34. The summed E-state index contributed by atoms with van der Waals surface area (Å²) >= 11 is 0. The van der Waals surface area contributed by atoms with Gasteiger partial charge in [0, 0.05) is 6.42 Å². The molecular formula is C8H16O. The molecule has 1 heteroatoms. The smallest absolute Gasteiger partial charge is 0.0908 e. The summed E-state index contributed by atoms with van der Waals surface area (Å²) in [6.07, 6.45) is 3.09. The van der Waals surface area contributed by atoms with E-state index in [0.29, 0.717) is 5.76 Å². The molecule has 0 heterocycles. The molecule has 9 heavy (non-hydrogen) atoms. The standard InChI is InChI=1S/C8H16O/c1-4-5-6-8(9)7(2)3/h9H,4-6H2,1-3H3. The fraction of sp³-hybridized carbons (Fsp3) is 0.750. The van der Waals surface area contributed by atoms with Gasteiger partial charge in [0.2, 0.25) is 0 Å². The van der Waals surface area contributed by atoms with Gasteiger partial charge in [0.25, 0.3) is 0 Å². The molecule has 0 aromatic heterocycles. The normalized spacial score (nSPS) is 9.22. The molecule has 0 aliphatic rings. The molecule has 1 N–H and O–H groups in total. The Morgan fingerprint density at radius 1 is 1.33 bits per heavy atom. The van der Waals surface area contributed by atoms with E-state index in [2.05, 4.69) is 6.92 Å². The van der Waals surface area contributed by atoms with Crippen molar-refractivity contribution in [1.29, 1.82) is 0 Å². The van der Waals surface area contributed by atoms with E-state index >= 15 is 0 Å². The van der Waals surface area contributed by atoms with Crippen LogP contribution in [0.25, 0.3) is 0 Å². The van der Waals surface area contributed by atoms with E-state index in [1.807, 2.05) is 13.8 Å². The summed E-state index contributed by atoms with van der Waals surface area (Å²) in [7, 11) is 0. The van der Waals surface area contributed by atoms with Crippen molar-refractivity contribution in [3.05, 3.63) is 11.3 Å². The molecule has 0 amide bonds. The quantitative estimate of drug-likeness (QED) is 0.579. The highest BCUT2D eigenvalue weighted by molar-refractivity contribution is 5.00. The van der Waals surface area contributed by atoms with Crippen LogP contribution < -0.4 is 0 Å². The summed E-state index contributed by atoms with van der Waals surface area (Å²) in [6.45, 7) is 5.99. The summed E-state index contributed by atoms with van der Waals surface area (Å²) in [4.78, 5) is 0. The number of aliphatic hydroxyl groups excluding tert-OH is 1. The minimum absolute atomic E-state index is 0.567. The lowest BCUT2D eigenvalue weighted by molar-refractivity contribution is 0.376. The molecule has 0 aliphatic carbocycles. The third-order valence-corrected chi connectivity index (χ3v) is 1.34. The number of unbranched alkanes of at least 4 members (excludes halogenated alkanes) is 1. The van der Waals surface area contributed by atoms with Crippen LogP contribution in [0.2, 0.25) is 0 Å². The van der Waals surface area contributed by atoms with Gasteiger partial charge in [0.15, 0.2) is 0 Å². The molecular weight excluding hydrogens is 112 g/mol. The van der Waals surface area contributed by atoms with Gasteiger partial charge in [-0.25, -0.2) is 0 Å². The van der Waals surface area contributed by atoms with Gasteiger partial charge in [-0.15, -0.1) is 0 Å². The molecule has 0 unspecified atom stereocenters. The van der Waals surface area contributed by atoms with Crippen LogP contribution in [0.5, 0.6) is 0 Å². The van der Waals surface area contributed by atoms with Gasteiger partial charge in [0.1, 0.15) is 0 Å². The Morgan fingerprint density at radius 2 is 1.89 bits per heavy atom. The van der Waals surface area contributed by atoms with E-state index in [-0.39, 0.29) is 0 Å². The van der Waals surface area contributed by atoms with E-state index in [4.69, 9.17) is 5.11 Å². The Morgan fingerprint density at radius 3 is 2.22 bits per heavy atom. The van der Waals surface area contributed by atoms with E-state index < -0.39 is 0 Å². The van der Waals surface area contributed by atoms with E-state index in [9.17, 15) is 0 Å². The third kappa shape index (κ3) is 4.07. The monoisotopic (exact) mass is 128 g/mol. The van der Waals surface area contributed by atoms with Crippen molar-refractivity contribution < 1.29 is 5.11 Å². The van der Waals surface area contributed by atoms with Crippen molar-refractivity contribution in [1.82, 2.24) is 0 Å². The molecule has 0 spiro atoms. The summed E-state index contributed by atoms with van der Waals surface area (Å²) < 4.78 is 0. The van der Waals surface area contributed by atoms with Gasteiger partial charge >= 0.3 is 0 Å². The van der Waals surface area contributed by atoms with Crippen molar-refractivity contribution >= 4 is 0 Å². The van der Waals surface area contributed by atoms with Crippen LogP contribution in [0.4, 0.5) is 0 Å². The molecule has 0 aromatic rings. The molecule has 0 aromatic carbocycles. The Balaban J connectivity index is 3.50. The Kier molecular flexibility index (Phi) is 4.20. The number of rotatable bonds is 3. The molecule has 0 atom stereocenters. The zero-order valence-electron chi connectivity index (χ0n) is 6.57. The van der Waals surface area contributed by atoms with Gasteiger partial charge in [0.05, 0.1) is 5.76 Å². The van der Waals surface area contributed by atoms with E-state index in [1.165, 1.54) is 0 Å². The van der Waals surface area contributed by atoms with Gasteiger partial charge in [-0.3, -0.25) is 0 Å². The lowest BCUT2D eigenvalue weighted by Crippen LogP contribution is -1.83. The molecule has 0 bridgehead atoms. The van der Waals surface area contributed by atoms with Crippen molar-refractivity contribution in [2.75, 3.05) is 0 Å². The topological polar surface area (TPSA) is 20.2 Å². The maximum absolute atomic E-state index is 9.14. The van der Waals surface area contributed by atoms with Gasteiger partial charge < -0.3 is 5.11 Å². The second kappa shape index (κ2) is 4.42. The second-order valence-corrected chi connectivity index (χ2v) is 2.55. The number of hydrogen-bond acceptors (Lipinski definition) is 1. The van der Waals surface area contributed by atoms with Crippen LogP contribution in [0, 0.1) is 0 Å². The molecule has 1 nitrogen and oxygen atoms in total. The predicted octanol–water partition coefficient (Wildman–Crippen LogP) is 3.03. The number of allylic oxidation sites excluding steroid dienone is 2. The zero-order chi connectivity index (χ0) is 7.28. The molecule has 54 valence electrons. The maximum Gasteiger partial charge on any atom is 0.0908 e. The van der Waals surface area contributed by atoms with Crippen LogP contribution in [0.15, 0.2) is 11.3 Å². The summed E-state index contributed by atoms with van der Waals surface area (Å²) in [5, 5.41) is 9.14. The highest BCUT2D eigenvalue weighted by atomic mass is 16.3. The highest BCUT2D eigenvalue weighted by Crippen LogP contribution is 2.07. The first-order valence-electron chi connectivity index (χ1n) is 3.53. The molecule has 0 saturated carbocycles. The largest absolute Gasteiger partial charge is 0.512 e. The minimum atomic E-state index is 0.567. The van der Waals surface area contributed by atoms with Crippen molar-refractivity contribution in [2.45, 2.75) is 40.0 Å². The van der Waals surface area contributed by atoms with Crippen LogP contribution in [0.3, 0.4) is 0 Å². The first-order valence-corrected chi connectivity index (χ1v) is 3.53.